The molecule has 168 valence electrons. The van der Waals surface area contributed by atoms with E-state index >= 15 is 0 Å². The van der Waals surface area contributed by atoms with Gasteiger partial charge in [0, 0.05) is 23.5 Å². The molecule has 1 aliphatic rings. The standard InChI is InChI=1S/C22H22FN3O4S2/c1-15-21(31-18-6-4-3-5-7-18)16(2)26(24-15)22(27)17-8-9-19(23)20(14-17)32(28,29)25-10-12-30-13-11-25/h3-9,14H,10-13H2,1-2H3. The van der Waals surface area contributed by atoms with Crippen LogP contribution in [-0.2, 0) is 14.8 Å². The summed E-state index contributed by atoms with van der Waals surface area (Å²) in [5.74, 6) is -1.43. The maximum absolute atomic E-state index is 14.5. The highest BCUT2D eigenvalue weighted by atomic mass is 32.2. The molecule has 4 rings (SSSR count). The second-order valence-electron chi connectivity index (χ2n) is 7.29. The van der Waals surface area contributed by atoms with Crippen molar-refractivity contribution in [3.8, 4) is 0 Å². The smallest absolute Gasteiger partial charge is 0.278 e. The summed E-state index contributed by atoms with van der Waals surface area (Å²) in [6.07, 6.45) is 0. The number of sulfonamides is 1. The topological polar surface area (TPSA) is 81.5 Å². The van der Waals surface area contributed by atoms with Crippen molar-refractivity contribution in [1.82, 2.24) is 14.1 Å². The predicted molar refractivity (Wildman–Crippen MR) is 118 cm³/mol. The van der Waals surface area contributed by atoms with E-state index in [-0.39, 0.29) is 31.9 Å². The summed E-state index contributed by atoms with van der Waals surface area (Å²) in [7, 11) is -4.09. The molecule has 0 radical (unpaired) electrons. The Morgan fingerprint density at radius 1 is 1.09 bits per heavy atom. The summed E-state index contributed by atoms with van der Waals surface area (Å²) >= 11 is 1.49. The number of morpholine rings is 1. The molecule has 0 atom stereocenters. The molecule has 10 heteroatoms. The molecule has 7 nitrogen and oxygen atoms in total. The third kappa shape index (κ3) is 4.36. The minimum Gasteiger partial charge on any atom is -0.379 e. The molecular weight excluding hydrogens is 453 g/mol. The lowest BCUT2D eigenvalue weighted by atomic mass is 10.2. The highest BCUT2D eigenvalue weighted by Crippen LogP contribution is 2.33. The van der Waals surface area contributed by atoms with Crippen molar-refractivity contribution < 1.29 is 22.3 Å². The number of carbonyl (C=O) groups excluding carboxylic acids is 1. The summed E-state index contributed by atoms with van der Waals surface area (Å²) in [6, 6.07) is 13.1. The van der Waals surface area contributed by atoms with Crippen LogP contribution in [0.2, 0.25) is 0 Å². The minimum absolute atomic E-state index is 0.0418. The maximum atomic E-state index is 14.5. The number of benzene rings is 2. The van der Waals surface area contributed by atoms with Crippen LogP contribution < -0.4 is 0 Å². The van der Waals surface area contributed by atoms with Gasteiger partial charge in [-0.05, 0) is 44.2 Å². The van der Waals surface area contributed by atoms with Crippen molar-refractivity contribution in [3.63, 3.8) is 0 Å². The molecule has 0 N–H and O–H groups in total. The zero-order chi connectivity index (χ0) is 22.9. The van der Waals surface area contributed by atoms with Gasteiger partial charge in [0.2, 0.25) is 10.0 Å². The van der Waals surface area contributed by atoms with Crippen LogP contribution >= 0.6 is 11.8 Å². The van der Waals surface area contributed by atoms with Gasteiger partial charge >= 0.3 is 0 Å². The fourth-order valence-corrected chi connectivity index (χ4v) is 5.91. The molecule has 0 saturated carbocycles. The van der Waals surface area contributed by atoms with Crippen molar-refractivity contribution in [2.45, 2.75) is 28.5 Å². The number of rotatable bonds is 5. The van der Waals surface area contributed by atoms with Crippen molar-refractivity contribution in [2.24, 2.45) is 0 Å². The fraction of sp³-hybridized carbons (Fsp3) is 0.273. The van der Waals surface area contributed by atoms with Crippen molar-refractivity contribution in [3.05, 3.63) is 71.3 Å². The average molecular weight is 476 g/mol. The lowest BCUT2D eigenvalue weighted by Gasteiger charge is -2.26. The lowest BCUT2D eigenvalue weighted by Crippen LogP contribution is -2.41. The molecule has 1 aromatic heterocycles. The Kier molecular flexibility index (Phi) is 6.47. The van der Waals surface area contributed by atoms with Gasteiger partial charge in [-0.25, -0.2) is 12.8 Å². The number of halogens is 1. The van der Waals surface area contributed by atoms with E-state index in [0.717, 1.165) is 21.9 Å². The van der Waals surface area contributed by atoms with E-state index in [1.807, 2.05) is 30.3 Å². The Balaban J connectivity index is 1.67. The van der Waals surface area contributed by atoms with Gasteiger partial charge < -0.3 is 4.74 Å². The van der Waals surface area contributed by atoms with E-state index < -0.39 is 26.6 Å². The monoisotopic (exact) mass is 475 g/mol. The molecular formula is C22H22FN3O4S2. The maximum Gasteiger partial charge on any atom is 0.278 e. The van der Waals surface area contributed by atoms with Crippen LogP contribution in [0.3, 0.4) is 0 Å². The van der Waals surface area contributed by atoms with Crippen molar-refractivity contribution >= 4 is 27.7 Å². The van der Waals surface area contributed by atoms with E-state index in [4.69, 9.17) is 4.74 Å². The van der Waals surface area contributed by atoms with Crippen LogP contribution in [0.1, 0.15) is 21.7 Å². The second-order valence-corrected chi connectivity index (χ2v) is 10.3. The van der Waals surface area contributed by atoms with Gasteiger partial charge in [0.25, 0.3) is 5.91 Å². The summed E-state index contributed by atoms with van der Waals surface area (Å²) in [5, 5.41) is 4.36. The largest absolute Gasteiger partial charge is 0.379 e. The Hall–Kier alpha value is -2.53. The van der Waals surface area contributed by atoms with E-state index in [1.165, 1.54) is 26.8 Å². The van der Waals surface area contributed by atoms with Crippen LogP contribution in [0.25, 0.3) is 0 Å². The van der Waals surface area contributed by atoms with Crippen LogP contribution in [-0.4, -0.2) is 54.7 Å². The summed E-state index contributed by atoms with van der Waals surface area (Å²) in [6.45, 7) is 4.34. The predicted octanol–water partition coefficient (Wildman–Crippen LogP) is 3.50. The number of carbonyl (C=O) groups is 1. The first-order valence-electron chi connectivity index (χ1n) is 10.0. The molecule has 3 aromatic rings. The molecule has 2 heterocycles. The first kappa shape index (κ1) is 22.7. The van der Waals surface area contributed by atoms with Crippen molar-refractivity contribution in [2.75, 3.05) is 26.3 Å². The first-order valence-corrected chi connectivity index (χ1v) is 12.3. The van der Waals surface area contributed by atoms with Gasteiger partial charge in [0.05, 0.1) is 29.5 Å². The summed E-state index contributed by atoms with van der Waals surface area (Å²) < 4.78 is 48.0. The molecule has 1 aliphatic heterocycles. The van der Waals surface area contributed by atoms with Crippen LogP contribution in [0.15, 0.2) is 63.2 Å². The number of hydrogen-bond acceptors (Lipinski definition) is 6. The Morgan fingerprint density at radius 2 is 1.78 bits per heavy atom. The van der Waals surface area contributed by atoms with E-state index in [2.05, 4.69) is 5.10 Å². The number of aryl methyl sites for hydroxylation is 1. The van der Waals surface area contributed by atoms with Crippen LogP contribution in [0, 0.1) is 19.7 Å². The Bertz CT molecular complexity index is 1250. The van der Waals surface area contributed by atoms with E-state index in [0.29, 0.717) is 11.4 Å². The third-order valence-electron chi connectivity index (χ3n) is 5.15. The van der Waals surface area contributed by atoms with Gasteiger partial charge in [-0.2, -0.15) is 14.1 Å². The minimum atomic E-state index is -4.09. The molecule has 2 aromatic carbocycles. The molecule has 0 aliphatic carbocycles. The summed E-state index contributed by atoms with van der Waals surface area (Å²) in [5.41, 5.74) is 1.34. The molecule has 32 heavy (non-hydrogen) atoms. The van der Waals surface area contributed by atoms with Gasteiger partial charge in [-0.1, -0.05) is 30.0 Å². The highest BCUT2D eigenvalue weighted by molar-refractivity contribution is 7.99. The van der Waals surface area contributed by atoms with Gasteiger partial charge in [0.15, 0.2) is 0 Å². The first-order chi connectivity index (χ1) is 15.3. The Morgan fingerprint density at radius 3 is 2.47 bits per heavy atom. The van der Waals surface area contributed by atoms with Crippen molar-refractivity contribution in [1.29, 1.82) is 0 Å². The van der Waals surface area contributed by atoms with Crippen LogP contribution in [0.5, 0.6) is 0 Å². The zero-order valence-electron chi connectivity index (χ0n) is 17.6. The second kappa shape index (κ2) is 9.14. The van der Waals surface area contributed by atoms with Gasteiger partial charge in [-0.15, -0.1) is 0 Å². The Labute approximate surface area is 190 Å². The normalized spacial score (nSPS) is 15.1. The summed E-state index contributed by atoms with van der Waals surface area (Å²) in [4.78, 5) is 14.5. The number of ether oxygens (including phenoxy) is 1. The molecule has 1 saturated heterocycles. The molecule has 0 spiro atoms. The zero-order valence-corrected chi connectivity index (χ0v) is 19.2. The SMILES string of the molecule is Cc1nn(C(=O)c2ccc(F)c(S(=O)(=O)N3CCOCC3)c2)c(C)c1Sc1ccccc1. The number of aromatic nitrogens is 2. The molecule has 0 amide bonds. The van der Waals surface area contributed by atoms with Gasteiger partial charge in [-0.3, -0.25) is 4.79 Å². The van der Waals surface area contributed by atoms with Gasteiger partial charge in [0.1, 0.15) is 10.7 Å². The molecule has 1 fully saturated rings. The van der Waals surface area contributed by atoms with E-state index in [1.54, 1.807) is 13.8 Å². The molecule has 0 unspecified atom stereocenters. The number of hydrogen-bond donors (Lipinski definition) is 0. The fourth-order valence-electron chi connectivity index (χ4n) is 3.46. The number of nitrogens with zero attached hydrogens (tertiary/aromatic N) is 3. The van der Waals surface area contributed by atoms with E-state index in [9.17, 15) is 17.6 Å². The molecule has 0 bridgehead atoms. The van der Waals surface area contributed by atoms with Crippen LogP contribution in [0.4, 0.5) is 4.39 Å². The quantitative estimate of drug-likeness (QED) is 0.562. The lowest BCUT2D eigenvalue weighted by molar-refractivity contribution is 0.0729. The third-order valence-corrected chi connectivity index (χ3v) is 8.36. The highest BCUT2D eigenvalue weighted by Gasteiger charge is 2.30. The average Bonchev–Trinajstić information content (AvgIpc) is 3.08.